The highest BCUT2D eigenvalue weighted by Crippen LogP contribution is 2.40. The molecule has 3 aromatic heterocycles. The van der Waals surface area contributed by atoms with Gasteiger partial charge in [0, 0.05) is 50.7 Å². The van der Waals surface area contributed by atoms with Crippen LogP contribution < -0.4 is 4.90 Å². The maximum atomic E-state index is 4.91. The molecule has 1 aromatic carbocycles. The number of hydrogen-bond donors (Lipinski definition) is 0. The van der Waals surface area contributed by atoms with Crippen molar-refractivity contribution in [3.63, 3.8) is 0 Å². The van der Waals surface area contributed by atoms with Crippen LogP contribution in [0.2, 0.25) is 0 Å². The van der Waals surface area contributed by atoms with Crippen LogP contribution in [0.4, 0.5) is 5.82 Å². The van der Waals surface area contributed by atoms with Crippen LogP contribution in [0, 0.1) is 0 Å². The van der Waals surface area contributed by atoms with Gasteiger partial charge in [-0.1, -0.05) is 35.4 Å². The van der Waals surface area contributed by atoms with E-state index in [1.54, 1.807) is 0 Å². The summed E-state index contributed by atoms with van der Waals surface area (Å²) in [6.07, 6.45) is 1.04. The Morgan fingerprint density at radius 2 is 1.87 bits per heavy atom. The molecule has 0 aliphatic carbocycles. The molecule has 0 radical (unpaired) electrons. The normalized spacial score (nSPS) is 18.4. The molecule has 0 atom stereocenters. The third-order valence-electron chi connectivity index (χ3n) is 6.24. The second kappa shape index (κ2) is 7.26. The summed E-state index contributed by atoms with van der Waals surface area (Å²) in [7, 11) is 2.18. The number of hydrogen-bond acceptors (Lipinski definition) is 8. The van der Waals surface area contributed by atoms with Gasteiger partial charge in [-0.15, -0.1) is 11.3 Å². The summed E-state index contributed by atoms with van der Waals surface area (Å²) >= 11 is 1.83. The van der Waals surface area contributed by atoms with Crippen molar-refractivity contribution in [1.29, 1.82) is 0 Å². The monoisotopic (exact) mass is 420 g/mol. The van der Waals surface area contributed by atoms with Crippen LogP contribution in [-0.2, 0) is 19.5 Å². The molecule has 8 nitrogen and oxygen atoms in total. The molecule has 0 saturated carbocycles. The molecule has 9 heteroatoms. The minimum Gasteiger partial charge on any atom is -0.353 e. The second-order valence-electron chi connectivity index (χ2n) is 8.25. The van der Waals surface area contributed by atoms with E-state index in [-0.39, 0.29) is 0 Å². The largest absolute Gasteiger partial charge is 0.353 e. The van der Waals surface area contributed by atoms with Gasteiger partial charge >= 0.3 is 0 Å². The molecule has 30 heavy (non-hydrogen) atoms. The van der Waals surface area contributed by atoms with Crippen LogP contribution in [0.1, 0.15) is 16.0 Å². The van der Waals surface area contributed by atoms with Gasteiger partial charge in [0.1, 0.15) is 10.6 Å². The van der Waals surface area contributed by atoms with Crippen LogP contribution in [0.25, 0.3) is 16.0 Å². The molecule has 2 aliphatic rings. The molecular formula is C21H24N8S. The van der Waals surface area contributed by atoms with Crippen molar-refractivity contribution in [2.24, 2.45) is 0 Å². The van der Waals surface area contributed by atoms with E-state index in [9.17, 15) is 0 Å². The summed E-state index contributed by atoms with van der Waals surface area (Å²) in [5.74, 6) is 1.66. The minimum absolute atomic E-state index is 0.594. The highest BCUT2D eigenvalue weighted by Gasteiger charge is 2.28. The first kappa shape index (κ1) is 18.2. The summed E-state index contributed by atoms with van der Waals surface area (Å²) in [6.45, 7) is 7.09. The van der Waals surface area contributed by atoms with E-state index in [0.717, 1.165) is 62.9 Å². The Morgan fingerprint density at radius 3 is 2.70 bits per heavy atom. The fourth-order valence-electron chi connectivity index (χ4n) is 4.58. The summed E-state index contributed by atoms with van der Waals surface area (Å²) in [5, 5.41) is 13.6. The predicted octanol–water partition coefficient (Wildman–Crippen LogP) is 2.04. The van der Waals surface area contributed by atoms with Crippen LogP contribution in [0.3, 0.4) is 0 Å². The number of fused-ring (bicyclic) bond motifs is 5. The fraction of sp³-hybridized carbons (Fsp3) is 0.429. The van der Waals surface area contributed by atoms with E-state index in [4.69, 9.17) is 4.98 Å². The average Bonchev–Trinajstić information content (AvgIpc) is 3.38. The minimum atomic E-state index is 0.594. The Hall–Kier alpha value is -2.62. The zero-order valence-electron chi connectivity index (χ0n) is 17.0. The first-order chi connectivity index (χ1) is 14.8. The van der Waals surface area contributed by atoms with Crippen LogP contribution in [-0.4, -0.2) is 74.6 Å². The number of benzene rings is 1. The molecule has 1 saturated heterocycles. The number of anilines is 1. The SMILES string of the molecule is CN1CCN(c2nc3nnnn3c3sc4c(c23)CCN(Cc2ccccc2)C4)CC1. The molecule has 0 spiro atoms. The van der Waals surface area contributed by atoms with Crippen LogP contribution in [0.15, 0.2) is 30.3 Å². The second-order valence-corrected chi connectivity index (χ2v) is 9.33. The highest BCUT2D eigenvalue weighted by atomic mass is 32.1. The van der Waals surface area contributed by atoms with E-state index < -0.39 is 0 Å². The van der Waals surface area contributed by atoms with E-state index >= 15 is 0 Å². The van der Waals surface area contributed by atoms with Gasteiger partial charge in [-0.3, -0.25) is 4.90 Å². The topological polar surface area (TPSA) is 65.7 Å². The zero-order valence-corrected chi connectivity index (χ0v) is 17.8. The first-order valence-corrected chi connectivity index (χ1v) is 11.3. The highest BCUT2D eigenvalue weighted by molar-refractivity contribution is 7.19. The van der Waals surface area contributed by atoms with Crippen molar-refractivity contribution in [2.75, 3.05) is 44.7 Å². The number of likely N-dealkylation sites (N-methyl/N-ethyl adjacent to an activating group) is 1. The lowest BCUT2D eigenvalue weighted by Crippen LogP contribution is -2.45. The summed E-state index contributed by atoms with van der Waals surface area (Å²) in [5.41, 5.74) is 2.81. The molecule has 0 amide bonds. The number of rotatable bonds is 3. The molecule has 0 bridgehead atoms. The molecule has 1 fully saturated rings. The molecule has 5 heterocycles. The Labute approximate surface area is 178 Å². The van der Waals surface area contributed by atoms with E-state index in [1.807, 2.05) is 15.9 Å². The van der Waals surface area contributed by atoms with Crippen molar-refractivity contribution >= 4 is 33.1 Å². The summed E-state index contributed by atoms with van der Waals surface area (Å²) < 4.78 is 1.82. The standard InChI is InChI=1S/C21H24N8S/c1-26-9-11-28(12-10-26)19-18-16-7-8-27(13-15-5-3-2-4-6-15)14-17(16)30-20(18)29-21(22-19)23-24-25-29/h2-6H,7-14H2,1H3. The third kappa shape index (κ3) is 3.05. The van der Waals surface area contributed by atoms with E-state index in [0.29, 0.717) is 5.78 Å². The number of tetrazole rings is 1. The fourth-order valence-corrected chi connectivity index (χ4v) is 5.91. The van der Waals surface area contributed by atoms with Crippen molar-refractivity contribution in [1.82, 2.24) is 34.8 Å². The van der Waals surface area contributed by atoms with Crippen molar-refractivity contribution < 1.29 is 0 Å². The number of nitrogens with zero attached hydrogens (tertiary/aromatic N) is 8. The number of thiophene rings is 1. The Balaban J connectivity index is 1.41. The molecule has 154 valence electrons. The predicted molar refractivity (Wildman–Crippen MR) is 118 cm³/mol. The zero-order chi connectivity index (χ0) is 20.1. The lowest BCUT2D eigenvalue weighted by Gasteiger charge is -2.34. The molecule has 0 N–H and O–H groups in total. The van der Waals surface area contributed by atoms with Gasteiger partial charge in [-0.2, -0.15) is 9.50 Å². The summed E-state index contributed by atoms with van der Waals surface area (Å²) in [6, 6.07) is 10.7. The number of piperazine rings is 1. The Bertz CT molecular complexity index is 1190. The molecule has 0 unspecified atom stereocenters. The third-order valence-corrected chi connectivity index (χ3v) is 7.44. The van der Waals surface area contributed by atoms with Gasteiger partial charge < -0.3 is 9.80 Å². The Morgan fingerprint density at radius 1 is 1.03 bits per heavy atom. The molecule has 4 aromatic rings. The van der Waals surface area contributed by atoms with Crippen LogP contribution in [0.5, 0.6) is 0 Å². The average molecular weight is 421 g/mol. The number of aromatic nitrogens is 5. The lowest BCUT2D eigenvalue weighted by molar-refractivity contribution is 0.249. The first-order valence-electron chi connectivity index (χ1n) is 10.5. The van der Waals surface area contributed by atoms with Crippen molar-refractivity contribution in [2.45, 2.75) is 19.5 Å². The van der Waals surface area contributed by atoms with E-state index in [1.165, 1.54) is 21.4 Å². The molecule has 2 aliphatic heterocycles. The maximum absolute atomic E-state index is 4.91. The maximum Gasteiger partial charge on any atom is 0.276 e. The Kier molecular flexibility index (Phi) is 4.40. The lowest BCUT2D eigenvalue weighted by atomic mass is 10.0. The van der Waals surface area contributed by atoms with Gasteiger partial charge in [-0.25, -0.2) is 0 Å². The quantitative estimate of drug-likeness (QED) is 0.503. The van der Waals surface area contributed by atoms with Gasteiger partial charge in [0.2, 0.25) is 0 Å². The van der Waals surface area contributed by atoms with E-state index in [2.05, 4.69) is 67.6 Å². The van der Waals surface area contributed by atoms with Gasteiger partial charge in [0.25, 0.3) is 5.78 Å². The molecule has 6 rings (SSSR count). The van der Waals surface area contributed by atoms with Crippen molar-refractivity contribution in [3.8, 4) is 0 Å². The van der Waals surface area contributed by atoms with Crippen molar-refractivity contribution in [3.05, 3.63) is 46.3 Å². The van der Waals surface area contributed by atoms with Gasteiger partial charge in [-0.05, 0) is 35.0 Å². The van der Waals surface area contributed by atoms with Gasteiger partial charge in [0.15, 0.2) is 0 Å². The smallest absolute Gasteiger partial charge is 0.276 e. The van der Waals surface area contributed by atoms with Gasteiger partial charge in [0.05, 0.1) is 5.39 Å². The van der Waals surface area contributed by atoms with Crippen LogP contribution >= 0.6 is 11.3 Å². The molecular weight excluding hydrogens is 396 g/mol. The summed E-state index contributed by atoms with van der Waals surface area (Å²) in [4.78, 5) is 14.8.